The highest BCUT2D eigenvalue weighted by Gasteiger charge is 2.39. The van der Waals surface area contributed by atoms with Gasteiger partial charge in [0.25, 0.3) is 0 Å². The van der Waals surface area contributed by atoms with Crippen molar-refractivity contribution in [2.45, 2.75) is 6.10 Å². The van der Waals surface area contributed by atoms with Crippen molar-refractivity contribution in [2.24, 2.45) is 0 Å². The summed E-state index contributed by atoms with van der Waals surface area (Å²) in [6.07, 6.45) is -0.747. The molecule has 0 spiro atoms. The maximum Gasteiger partial charge on any atom is 0.229 e. The van der Waals surface area contributed by atoms with Crippen molar-refractivity contribution < 1.29 is 9.53 Å². The number of nitrogens with one attached hydrogen (secondary N) is 2. The average Bonchev–Trinajstić information content (AvgIpc) is 2.82. The number of ether oxygens (including phenoxy) is 1. The van der Waals surface area contributed by atoms with Crippen LogP contribution >= 0.6 is 23.2 Å². The van der Waals surface area contributed by atoms with Crippen LogP contribution in [0.2, 0.25) is 10.0 Å². The first-order valence-corrected chi connectivity index (χ1v) is 7.42. The Labute approximate surface area is 136 Å². The van der Waals surface area contributed by atoms with Crippen molar-refractivity contribution in [2.75, 3.05) is 10.6 Å². The minimum atomic E-state index is -0.747. The Morgan fingerprint density at radius 3 is 2.64 bits per heavy atom. The van der Waals surface area contributed by atoms with Gasteiger partial charge in [0.1, 0.15) is 5.70 Å². The van der Waals surface area contributed by atoms with Crippen molar-refractivity contribution in [3.8, 4) is 0 Å². The maximum absolute atomic E-state index is 12.6. The lowest BCUT2D eigenvalue weighted by atomic mass is 10.0. The van der Waals surface area contributed by atoms with Gasteiger partial charge in [-0.2, -0.15) is 0 Å². The maximum atomic E-state index is 12.6. The summed E-state index contributed by atoms with van der Waals surface area (Å²) in [7, 11) is 0. The van der Waals surface area contributed by atoms with E-state index in [2.05, 4.69) is 10.6 Å². The standard InChI is InChI=1S/C16H10Cl2N2O2/c17-8-5-6-11-12(7-8)20-16-13(19-11)14(21)15(22-16)9-3-1-2-4-10(9)18/h1-7,15,19-20H/t15-/m1/s1. The van der Waals surface area contributed by atoms with Gasteiger partial charge in [0, 0.05) is 15.6 Å². The van der Waals surface area contributed by atoms with E-state index < -0.39 is 6.10 Å². The number of benzene rings is 2. The molecule has 0 amide bonds. The molecule has 2 aliphatic heterocycles. The summed E-state index contributed by atoms with van der Waals surface area (Å²) in [5.74, 6) is 0.237. The van der Waals surface area contributed by atoms with Crippen molar-refractivity contribution in [1.82, 2.24) is 0 Å². The molecule has 0 unspecified atom stereocenters. The van der Waals surface area contributed by atoms with Crippen LogP contribution in [0.3, 0.4) is 0 Å². The zero-order valence-electron chi connectivity index (χ0n) is 11.2. The van der Waals surface area contributed by atoms with E-state index in [1.165, 1.54) is 0 Å². The Morgan fingerprint density at radius 1 is 1.00 bits per heavy atom. The molecule has 0 fully saturated rings. The van der Waals surface area contributed by atoms with Crippen molar-refractivity contribution in [3.63, 3.8) is 0 Å². The molecule has 0 aliphatic carbocycles. The molecule has 0 radical (unpaired) electrons. The molecule has 2 N–H and O–H groups in total. The Bertz CT molecular complexity index is 833. The molecule has 1 atom stereocenters. The summed E-state index contributed by atoms with van der Waals surface area (Å²) in [5.41, 5.74) is 2.59. The fourth-order valence-electron chi connectivity index (χ4n) is 2.56. The molecule has 0 aromatic heterocycles. The Hall–Kier alpha value is -2.17. The number of fused-ring (bicyclic) bond motifs is 1. The van der Waals surface area contributed by atoms with E-state index in [-0.39, 0.29) is 5.78 Å². The van der Waals surface area contributed by atoms with Gasteiger partial charge in [0.05, 0.1) is 11.4 Å². The molecule has 2 heterocycles. The molecule has 0 saturated heterocycles. The third-order valence-electron chi connectivity index (χ3n) is 3.62. The minimum absolute atomic E-state index is 0.156. The van der Waals surface area contributed by atoms with E-state index >= 15 is 0 Å². The molecule has 2 aromatic rings. The van der Waals surface area contributed by atoms with Gasteiger partial charge >= 0.3 is 0 Å². The summed E-state index contributed by atoms with van der Waals surface area (Å²) >= 11 is 12.2. The summed E-state index contributed by atoms with van der Waals surface area (Å²) in [5, 5.41) is 7.29. The average molecular weight is 333 g/mol. The van der Waals surface area contributed by atoms with Crippen LogP contribution in [0.5, 0.6) is 0 Å². The molecule has 0 saturated carbocycles. The van der Waals surface area contributed by atoms with E-state index in [1.54, 1.807) is 24.3 Å². The highest BCUT2D eigenvalue weighted by Crippen LogP contribution is 2.41. The smallest absolute Gasteiger partial charge is 0.229 e. The molecule has 110 valence electrons. The van der Waals surface area contributed by atoms with E-state index in [1.807, 2.05) is 18.2 Å². The number of halogens is 2. The predicted octanol–water partition coefficient (Wildman–Crippen LogP) is 4.34. The first-order valence-electron chi connectivity index (χ1n) is 6.66. The van der Waals surface area contributed by atoms with Gasteiger partial charge in [-0.05, 0) is 24.3 Å². The molecule has 22 heavy (non-hydrogen) atoms. The normalized spacial score (nSPS) is 19.0. The highest BCUT2D eigenvalue weighted by molar-refractivity contribution is 6.32. The Morgan fingerprint density at radius 2 is 1.82 bits per heavy atom. The van der Waals surface area contributed by atoms with Gasteiger partial charge in [-0.1, -0.05) is 41.4 Å². The lowest BCUT2D eigenvalue weighted by Gasteiger charge is -2.20. The number of anilines is 2. The van der Waals surface area contributed by atoms with Gasteiger partial charge in [-0.3, -0.25) is 4.79 Å². The van der Waals surface area contributed by atoms with Crippen LogP contribution in [-0.4, -0.2) is 5.78 Å². The Balaban J connectivity index is 1.69. The second kappa shape index (κ2) is 4.93. The SMILES string of the molecule is O=C1C2=C(Nc3cc(Cl)ccc3N2)O[C@@H]1c1ccccc1Cl. The van der Waals surface area contributed by atoms with Crippen LogP contribution in [0.1, 0.15) is 11.7 Å². The Kier molecular flexibility index (Phi) is 3.03. The number of hydrogen-bond donors (Lipinski definition) is 2. The first-order chi connectivity index (χ1) is 10.6. The molecule has 2 aliphatic rings. The third kappa shape index (κ3) is 2.03. The lowest BCUT2D eigenvalue weighted by Crippen LogP contribution is -2.18. The molecule has 4 rings (SSSR count). The minimum Gasteiger partial charge on any atom is -0.461 e. The van der Waals surface area contributed by atoms with Crippen LogP contribution < -0.4 is 10.6 Å². The highest BCUT2D eigenvalue weighted by atomic mass is 35.5. The lowest BCUT2D eigenvalue weighted by molar-refractivity contribution is -0.121. The quantitative estimate of drug-likeness (QED) is 0.815. The number of rotatable bonds is 1. The summed E-state index contributed by atoms with van der Waals surface area (Å²) in [4.78, 5) is 12.6. The molecule has 4 nitrogen and oxygen atoms in total. The van der Waals surface area contributed by atoms with E-state index in [0.29, 0.717) is 27.2 Å². The predicted molar refractivity (Wildman–Crippen MR) is 86.0 cm³/mol. The summed E-state index contributed by atoms with van der Waals surface area (Å²) in [6.45, 7) is 0. The van der Waals surface area contributed by atoms with Gasteiger partial charge < -0.3 is 15.4 Å². The van der Waals surface area contributed by atoms with Crippen LogP contribution in [0.25, 0.3) is 0 Å². The zero-order chi connectivity index (χ0) is 15.3. The molecule has 0 bridgehead atoms. The largest absolute Gasteiger partial charge is 0.461 e. The number of carbonyl (C=O) groups is 1. The van der Waals surface area contributed by atoms with Crippen LogP contribution in [0.15, 0.2) is 54.0 Å². The second-order valence-corrected chi connectivity index (χ2v) is 5.87. The number of ketones is 1. The third-order valence-corrected chi connectivity index (χ3v) is 4.20. The zero-order valence-corrected chi connectivity index (χ0v) is 12.7. The van der Waals surface area contributed by atoms with Crippen LogP contribution in [0, 0.1) is 0 Å². The topological polar surface area (TPSA) is 50.4 Å². The van der Waals surface area contributed by atoms with Gasteiger partial charge in [0.2, 0.25) is 11.7 Å². The van der Waals surface area contributed by atoms with E-state index in [4.69, 9.17) is 27.9 Å². The first kappa shape index (κ1) is 13.5. The monoisotopic (exact) mass is 332 g/mol. The van der Waals surface area contributed by atoms with Crippen molar-refractivity contribution in [1.29, 1.82) is 0 Å². The number of carbonyl (C=O) groups excluding carboxylic acids is 1. The molecule has 2 aromatic carbocycles. The van der Waals surface area contributed by atoms with E-state index in [9.17, 15) is 4.79 Å². The molecular formula is C16H10Cl2N2O2. The van der Waals surface area contributed by atoms with Gasteiger partial charge in [-0.15, -0.1) is 0 Å². The van der Waals surface area contributed by atoms with Gasteiger partial charge in [-0.25, -0.2) is 0 Å². The van der Waals surface area contributed by atoms with E-state index in [0.717, 1.165) is 11.4 Å². The van der Waals surface area contributed by atoms with Crippen molar-refractivity contribution in [3.05, 3.63) is 69.7 Å². The fraction of sp³-hybridized carbons (Fsp3) is 0.0625. The fourth-order valence-corrected chi connectivity index (χ4v) is 2.97. The number of hydrogen-bond acceptors (Lipinski definition) is 4. The summed E-state index contributed by atoms with van der Waals surface area (Å²) in [6, 6.07) is 12.5. The summed E-state index contributed by atoms with van der Waals surface area (Å²) < 4.78 is 5.77. The van der Waals surface area contributed by atoms with Crippen molar-refractivity contribution >= 4 is 40.4 Å². The van der Waals surface area contributed by atoms with Crippen LogP contribution in [-0.2, 0) is 9.53 Å². The van der Waals surface area contributed by atoms with Gasteiger partial charge in [0.15, 0.2) is 6.10 Å². The molecule has 6 heteroatoms. The molecular weight excluding hydrogens is 323 g/mol. The second-order valence-electron chi connectivity index (χ2n) is 5.03. The van der Waals surface area contributed by atoms with Crippen LogP contribution in [0.4, 0.5) is 11.4 Å². The number of Topliss-reactive ketones (excluding diaryl/α,β-unsaturated/α-hetero) is 1.